The molecule has 5 unspecified atom stereocenters. The molecule has 8 rings (SSSR count). The van der Waals surface area contributed by atoms with Gasteiger partial charge in [-0.15, -0.1) is 0 Å². The van der Waals surface area contributed by atoms with E-state index in [1.165, 1.54) is 21.7 Å². The van der Waals surface area contributed by atoms with Gasteiger partial charge in [-0.25, -0.2) is 22.2 Å². The van der Waals surface area contributed by atoms with Crippen molar-refractivity contribution < 1.29 is 41.3 Å². The lowest BCUT2D eigenvalue weighted by molar-refractivity contribution is -0.178. The van der Waals surface area contributed by atoms with Crippen molar-refractivity contribution in [3.05, 3.63) is 53.6 Å². The highest BCUT2D eigenvalue weighted by Crippen LogP contribution is 2.50. The molecule has 0 spiro atoms. The molecule has 2 N–H and O–H groups in total. The van der Waals surface area contributed by atoms with Crippen LogP contribution in [0.5, 0.6) is 0 Å². The highest BCUT2D eigenvalue weighted by molar-refractivity contribution is 7.89. The maximum atomic E-state index is 14.3. The number of carbonyl (C=O) groups excluding carboxylic acids is 1. The van der Waals surface area contributed by atoms with Crippen LogP contribution in [0.4, 0.5) is 13.9 Å². The quantitative estimate of drug-likeness (QED) is 0.219. The number of benzene rings is 2. The number of hydrogen-bond acceptors (Lipinski definition) is 10. The summed E-state index contributed by atoms with van der Waals surface area (Å²) in [6.45, 7) is 2.81. The van der Waals surface area contributed by atoms with Gasteiger partial charge in [0.2, 0.25) is 10.0 Å². The van der Waals surface area contributed by atoms with Gasteiger partial charge in [-0.2, -0.15) is 4.31 Å². The Morgan fingerprint density at radius 3 is 2.69 bits per heavy atom. The van der Waals surface area contributed by atoms with E-state index in [1.54, 1.807) is 18.2 Å². The van der Waals surface area contributed by atoms with Crippen LogP contribution in [-0.4, -0.2) is 79.6 Å². The minimum absolute atomic E-state index is 0.0106. The number of nitrogens with one attached hydrogen (secondary N) is 1. The number of hydrogen-bond donors (Lipinski definition) is 2. The lowest BCUT2D eigenvalue weighted by Gasteiger charge is -2.31. The van der Waals surface area contributed by atoms with E-state index in [1.807, 2.05) is 6.92 Å². The molecule has 14 heteroatoms. The molecule has 2 bridgehead atoms. The van der Waals surface area contributed by atoms with Gasteiger partial charge in [-0.1, -0.05) is 24.3 Å². The number of halogens is 2. The van der Waals surface area contributed by atoms with E-state index in [9.17, 15) is 27.1 Å². The topological polar surface area (TPSA) is 127 Å². The van der Waals surface area contributed by atoms with Crippen LogP contribution in [-0.2, 0) is 35.4 Å². The Hall–Kier alpha value is -2.75. The number of aliphatic hydroxyl groups is 1. The van der Waals surface area contributed by atoms with Crippen molar-refractivity contribution in [2.75, 3.05) is 31.6 Å². The van der Waals surface area contributed by atoms with Gasteiger partial charge in [0.25, 0.3) is 0 Å². The average molecular weight is 718 g/mol. The molecule has 1 aromatic heterocycles. The summed E-state index contributed by atoms with van der Waals surface area (Å²) < 4.78 is 76.2. The van der Waals surface area contributed by atoms with Crippen LogP contribution in [0, 0.1) is 40.7 Å². The van der Waals surface area contributed by atoms with Crippen LogP contribution in [0.2, 0.25) is 0 Å². The molecule has 2 aromatic carbocycles. The number of sulfonamides is 1. The molecule has 3 saturated carbocycles. The fourth-order valence-electron chi connectivity index (χ4n) is 7.66. The second kappa shape index (κ2) is 12.8. The van der Waals surface area contributed by atoms with Crippen LogP contribution >= 0.6 is 11.3 Å². The summed E-state index contributed by atoms with van der Waals surface area (Å²) in [6, 6.07) is 8.75. The van der Waals surface area contributed by atoms with Crippen LogP contribution in [0.3, 0.4) is 0 Å². The Morgan fingerprint density at radius 1 is 1.14 bits per heavy atom. The molecule has 10 nitrogen and oxygen atoms in total. The fourth-order valence-corrected chi connectivity index (χ4v) is 10.4. The van der Waals surface area contributed by atoms with E-state index in [0.717, 1.165) is 54.1 Å². The summed E-state index contributed by atoms with van der Waals surface area (Å²) in [4.78, 5) is 18.2. The van der Waals surface area contributed by atoms with Crippen LogP contribution in [0.25, 0.3) is 10.2 Å². The number of anilines is 1. The number of esters is 1. The number of aromatic nitrogens is 1. The van der Waals surface area contributed by atoms with Crippen LogP contribution in [0.1, 0.15) is 51.0 Å². The van der Waals surface area contributed by atoms with E-state index < -0.39 is 39.6 Å². The lowest BCUT2D eigenvalue weighted by Crippen LogP contribution is -2.44. The Labute approximate surface area is 288 Å². The van der Waals surface area contributed by atoms with E-state index >= 15 is 0 Å². The molecule has 3 aliphatic carbocycles. The lowest BCUT2D eigenvalue weighted by atomic mass is 9.90. The Bertz CT molecular complexity index is 1850. The number of fused-ring (bicyclic) bond motifs is 2. The minimum Gasteiger partial charge on any atom is -0.462 e. The van der Waals surface area contributed by atoms with Gasteiger partial charge in [0.05, 0.1) is 40.9 Å². The molecule has 5 fully saturated rings. The molecule has 7 atom stereocenters. The third-order valence-electron chi connectivity index (χ3n) is 11.0. The summed E-state index contributed by atoms with van der Waals surface area (Å²) in [7, 11) is -4.09. The first-order valence-electron chi connectivity index (χ1n) is 17.2. The SMILES string of the molecule is CC1(CN(C[C@@H](O)[C@@H](CC(=O)OC2C3COC4OCC2C4C3)Cc2ccc(F)c(F)c2)S(=O)(=O)c2ccc3nc(NC4CC4)sc3c2)CC1. The average Bonchev–Trinajstić information content (AvgIpc) is 3.90. The standard InChI is InChI=1S/C35H41F2N3O7S2/c1-35(8-9-35)18-40(49(43,44)23-5-7-28-30(14-23)48-34(39-28)38-22-3-4-22)15-29(41)20(10-19-2-6-26(36)27(37)11-19)13-31(42)47-32-21-12-24-25(32)17-46-33(24)45-16-21/h2,5-7,11,14,20-22,24-25,29,32-33,41H,3-4,8-10,12-13,15-18H2,1H3,(H,38,39)/t20-,21?,24?,25?,29-,32?,33?/m1/s1. The zero-order valence-electron chi connectivity index (χ0n) is 27.2. The van der Waals surface area contributed by atoms with Crippen LogP contribution < -0.4 is 5.32 Å². The number of ether oxygens (including phenoxy) is 3. The fraction of sp³-hybridized carbons (Fsp3) is 0.600. The molecule has 3 heterocycles. The molecule has 3 aromatic rings. The number of thiazole rings is 1. The van der Waals surface area contributed by atoms with Crippen molar-refractivity contribution in [2.45, 2.75) is 81.3 Å². The highest BCUT2D eigenvalue weighted by Gasteiger charge is 2.56. The first kappa shape index (κ1) is 33.4. The molecular formula is C35H41F2N3O7S2. The number of rotatable bonds is 14. The first-order valence-corrected chi connectivity index (χ1v) is 19.4. The Morgan fingerprint density at radius 2 is 1.94 bits per heavy atom. The van der Waals surface area contributed by atoms with E-state index in [4.69, 9.17) is 14.2 Å². The molecule has 264 valence electrons. The second-order valence-corrected chi connectivity index (χ2v) is 17.9. The summed E-state index contributed by atoms with van der Waals surface area (Å²) >= 11 is 1.41. The van der Waals surface area contributed by atoms with Crippen molar-refractivity contribution in [1.82, 2.24) is 9.29 Å². The van der Waals surface area contributed by atoms with Gasteiger partial charge in [0.15, 0.2) is 23.1 Å². The van der Waals surface area contributed by atoms with E-state index in [-0.39, 0.29) is 66.4 Å². The van der Waals surface area contributed by atoms with Crippen molar-refractivity contribution in [1.29, 1.82) is 0 Å². The number of carbonyl (C=O) groups is 1. The largest absolute Gasteiger partial charge is 0.462 e. The normalized spacial score (nSPS) is 28.1. The summed E-state index contributed by atoms with van der Waals surface area (Å²) in [6.07, 6.45) is 2.55. The maximum absolute atomic E-state index is 14.3. The third-order valence-corrected chi connectivity index (χ3v) is 13.7. The summed E-state index contributed by atoms with van der Waals surface area (Å²) in [5.74, 6) is -3.16. The summed E-state index contributed by atoms with van der Waals surface area (Å²) in [5.41, 5.74) is 0.846. The van der Waals surface area contributed by atoms with Gasteiger partial charge in [0, 0.05) is 42.8 Å². The Kier molecular flexibility index (Phi) is 8.71. The monoisotopic (exact) mass is 717 g/mol. The van der Waals surface area contributed by atoms with Crippen LogP contribution in [0.15, 0.2) is 41.3 Å². The predicted octanol–water partition coefficient (Wildman–Crippen LogP) is 5.10. The Balaban J connectivity index is 1.04. The predicted molar refractivity (Wildman–Crippen MR) is 177 cm³/mol. The van der Waals surface area contributed by atoms with Crippen molar-refractivity contribution in [2.24, 2.45) is 29.1 Å². The number of aliphatic hydroxyl groups excluding tert-OH is 1. The van der Waals surface area contributed by atoms with Gasteiger partial charge in [-0.3, -0.25) is 4.79 Å². The maximum Gasteiger partial charge on any atom is 0.306 e. The summed E-state index contributed by atoms with van der Waals surface area (Å²) in [5, 5.41) is 15.9. The van der Waals surface area contributed by atoms with Gasteiger partial charge in [0.1, 0.15) is 6.10 Å². The molecule has 2 aliphatic heterocycles. The molecular weight excluding hydrogens is 677 g/mol. The highest BCUT2D eigenvalue weighted by atomic mass is 32.2. The molecule has 5 aliphatic rings. The van der Waals surface area contributed by atoms with E-state index in [0.29, 0.717) is 30.3 Å². The zero-order valence-corrected chi connectivity index (χ0v) is 28.9. The van der Waals surface area contributed by atoms with Gasteiger partial charge >= 0.3 is 5.97 Å². The zero-order chi connectivity index (χ0) is 34.1. The molecule has 2 saturated heterocycles. The van der Waals surface area contributed by atoms with Crippen molar-refractivity contribution in [3.63, 3.8) is 0 Å². The first-order chi connectivity index (χ1) is 23.4. The van der Waals surface area contributed by atoms with Gasteiger partial charge < -0.3 is 24.6 Å². The third kappa shape index (κ3) is 6.96. The van der Waals surface area contributed by atoms with Gasteiger partial charge in [-0.05, 0) is 79.8 Å². The minimum atomic E-state index is -4.09. The van der Waals surface area contributed by atoms with E-state index in [2.05, 4.69) is 10.3 Å². The molecule has 0 radical (unpaired) electrons. The second-order valence-electron chi connectivity index (χ2n) is 15.0. The molecule has 0 amide bonds. The smallest absolute Gasteiger partial charge is 0.306 e. The van der Waals surface area contributed by atoms with Crippen molar-refractivity contribution >= 4 is 42.7 Å². The number of nitrogens with zero attached hydrogens (tertiary/aromatic N) is 2. The molecule has 49 heavy (non-hydrogen) atoms. The van der Waals surface area contributed by atoms with Crippen molar-refractivity contribution in [3.8, 4) is 0 Å².